The van der Waals surface area contributed by atoms with Gasteiger partial charge >= 0.3 is 0 Å². The first-order valence-corrected chi connectivity index (χ1v) is 7.40. The lowest BCUT2D eigenvalue weighted by atomic mass is 10.2. The third-order valence-corrected chi connectivity index (χ3v) is 3.51. The first-order valence-electron chi connectivity index (χ1n) is 7.40. The Morgan fingerprint density at radius 2 is 1.75 bits per heavy atom. The van der Waals surface area contributed by atoms with Crippen LogP contribution in [0, 0.1) is 0 Å². The van der Waals surface area contributed by atoms with Gasteiger partial charge in [0.2, 0.25) is 0 Å². The molecule has 0 bridgehead atoms. The molecule has 0 unspecified atom stereocenters. The normalized spacial score (nSPS) is 16.9. The van der Waals surface area contributed by atoms with E-state index in [9.17, 15) is 0 Å². The van der Waals surface area contributed by atoms with E-state index in [-0.39, 0.29) is 24.0 Å². The maximum Gasteiger partial charge on any atom is 0.191 e. The zero-order chi connectivity index (χ0) is 14.3. The van der Waals surface area contributed by atoms with E-state index in [0.717, 1.165) is 45.8 Å². The molecule has 1 aliphatic heterocycles. The number of nitrogens with zero attached hydrogens (tertiary/aromatic N) is 3. The van der Waals surface area contributed by atoms with Gasteiger partial charge in [0.1, 0.15) is 0 Å². The number of halogens is 1. The minimum absolute atomic E-state index is 0. The zero-order valence-electron chi connectivity index (χ0n) is 13.3. The molecule has 0 aromatic heterocycles. The number of nitrogens with two attached hydrogens (primary N) is 1. The standard InChI is InChI=1S/C14H30N4O.HI/c1-12(2)18(13(3)4)7-5-6-16-14(15)17-8-10-19-11-9-17;/h12-13H,5-11H2,1-4H3,(H2,15,16);1H. The number of hydrogen-bond acceptors (Lipinski definition) is 3. The maximum atomic E-state index is 5.99. The average molecular weight is 398 g/mol. The maximum absolute atomic E-state index is 5.99. The summed E-state index contributed by atoms with van der Waals surface area (Å²) >= 11 is 0. The largest absolute Gasteiger partial charge is 0.378 e. The highest BCUT2D eigenvalue weighted by molar-refractivity contribution is 14.0. The van der Waals surface area contributed by atoms with Gasteiger partial charge in [0.15, 0.2) is 5.96 Å². The van der Waals surface area contributed by atoms with E-state index >= 15 is 0 Å². The molecule has 6 heteroatoms. The smallest absolute Gasteiger partial charge is 0.191 e. The molecule has 0 atom stereocenters. The van der Waals surface area contributed by atoms with Gasteiger partial charge in [-0.2, -0.15) is 0 Å². The Balaban J connectivity index is 0.00000361. The van der Waals surface area contributed by atoms with Crippen molar-refractivity contribution in [2.24, 2.45) is 10.7 Å². The van der Waals surface area contributed by atoms with Gasteiger partial charge in [0.05, 0.1) is 13.2 Å². The first kappa shape index (κ1) is 19.9. The third-order valence-electron chi connectivity index (χ3n) is 3.51. The van der Waals surface area contributed by atoms with Crippen LogP contribution >= 0.6 is 24.0 Å². The summed E-state index contributed by atoms with van der Waals surface area (Å²) in [5, 5.41) is 0. The van der Waals surface area contributed by atoms with Crippen LogP contribution in [0.25, 0.3) is 0 Å². The Labute approximate surface area is 140 Å². The van der Waals surface area contributed by atoms with Crippen molar-refractivity contribution in [3.8, 4) is 0 Å². The molecule has 1 aliphatic rings. The van der Waals surface area contributed by atoms with E-state index in [1.54, 1.807) is 0 Å². The van der Waals surface area contributed by atoms with E-state index < -0.39 is 0 Å². The quantitative estimate of drug-likeness (QED) is 0.321. The van der Waals surface area contributed by atoms with Crippen LogP contribution in [-0.2, 0) is 4.74 Å². The van der Waals surface area contributed by atoms with Gasteiger partial charge in [0.25, 0.3) is 0 Å². The van der Waals surface area contributed by atoms with Crippen LogP contribution in [0.4, 0.5) is 0 Å². The fraction of sp³-hybridized carbons (Fsp3) is 0.929. The molecule has 1 heterocycles. The lowest BCUT2D eigenvalue weighted by Crippen LogP contribution is -2.45. The highest BCUT2D eigenvalue weighted by atomic mass is 127. The minimum Gasteiger partial charge on any atom is -0.378 e. The van der Waals surface area contributed by atoms with Crippen molar-refractivity contribution in [2.45, 2.75) is 46.2 Å². The molecule has 0 amide bonds. The van der Waals surface area contributed by atoms with Gasteiger partial charge in [0, 0.05) is 38.3 Å². The van der Waals surface area contributed by atoms with E-state index in [2.05, 4.69) is 42.5 Å². The number of aliphatic imine (C=N–C) groups is 1. The van der Waals surface area contributed by atoms with Gasteiger partial charge in [-0.25, -0.2) is 0 Å². The van der Waals surface area contributed by atoms with Gasteiger partial charge in [-0.1, -0.05) is 0 Å². The van der Waals surface area contributed by atoms with Gasteiger partial charge in [-0.15, -0.1) is 24.0 Å². The Hall–Kier alpha value is -0.0800. The van der Waals surface area contributed by atoms with Crippen molar-refractivity contribution in [3.63, 3.8) is 0 Å². The SMILES string of the molecule is CC(C)N(CCCN=C(N)N1CCOCC1)C(C)C.I. The molecule has 0 aliphatic carbocycles. The fourth-order valence-corrected chi connectivity index (χ4v) is 2.45. The van der Waals surface area contributed by atoms with E-state index in [1.807, 2.05) is 0 Å². The van der Waals surface area contributed by atoms with Crippen molar-refractivity contribution >= 4 is 29.9 Å². The molecule has 5 nitrogen and oxygen atoms in total. The zero-order valence-corrected chi connectivity index (χ0v) is 15.7. The Morgan fingerprint density at radius 1 is 1.20 bits per heavy atom. The molecule has 0 aromatic rings. The van der Waals surface area contributed by atoms with Gasteiger partial charge in [-0.05, 0) is 34.1 Å². The summed E-state index contributed by atoms with van der Waals surface area (Å²) in [6, 6.07) is 1.17. The predicted octanol–water partition coefficient (Wildman–Crippen LogP) is 1.76. The molecule has 2 N–H and O–H groups in total. The van der Waals surface area contributed by atoms with Crippen molar-refractivity contribution < 1.29 is 4.74 Å². The Bertz CT molecular complexity index is 270. The molecular formula is C14H31IN4O. The molecule has 1 fully saturated rings. The monoisotopic (exact) mass is 398 g/mol. The van der Waals surface area contributed by atoms with E-state index in [1.165, 1.54) is 0 Å². The first-order chi connectivity index (χ1) is 9.02. The topological polar surface area (TPSA) is 54.1 Å². The van der Waals surface area contributed by atoms with Crippen LogP contribution in [0.3, 0.4) is 0 Å². The summed E-state index contributed by atoms with van der Waals surface area (Å²) in [5.41, 5.74) is 5.99. The summed E-state index contributed by atoms with van der Waals surface area (Å²) in [7, 11) is 0. The number of guanidine groups is 1. The minimum atomic E-state index is 0. The van der Waals surface area contributed by atoms with E-state index in [4.69, 9.17) is 10.5 Å². The number of ether oxygens (including phenoxy) is 1. The number of hydrogen-bond donors (Lipinski definition) is 1. The van der Waals surface area contributed by atoms with Crippen molar-refractivity contribution in [1.82, 2.24) is 9.80 Å². The summed E-state index contributed by atoms with van der Waals surface area (Å²) < 4.78 is 5.30. The predicted molar refractivity (Wildman–Crippen MR) is 95.9 cm³/mol. The van der Waals surface area contributed by atoms with Crippen LogP contribution < -0.4 is 5.73 Å². The van der Waals surface area contributed by atoms with Crippen LogP contribution in [0.5, 0.6) is 0 Å². The summed E-state index contributed by atoms with van der Waals surface area (Å²) in [5.74, 6) is 0.670. The molecule has 120 valence electrons. The van der Waals surface area contributed by atoms with Gasteiger partial charge in [-0.3, -0.25) is 9.89 Å². The second-order valence-corrected chi connectivity index (χ2v) is 5.62. The van der Waals surface area contributed by atoms with E-state index in [0.29, 0.717) is 18.0 Å². The summed E-state index contributed by atoms with van der Waals surface area (Å²) in [6.45, 7) is 14.1. The lowest BCUT2D eigenvalue weighted by molar-refractivity contribution is 0.0674. The molecular weight excluding hydrogens is 367 g/mol. The van der Waals surface area contributed by atoms with Crippen molar-refractivity contribution in [1.29, 1.82) is 0 Å². The van der Waals surface area contributed by atoms with Crippen molar-refractivity contribution in [2.75, 3.05) is 39.4 Å². The Kier molecular flexibility index (Phi) is 10.6. The molecule has 0 aromatic carbocycles. The number of rotatable bonds is 6. The van der Waals surface area contributed by atoms with Crippen molar-refractivity contribution in [3.05, 3.63) is 0 Å². The van der Waals surface area contributed by atoms with Crippen LogP contribution in [0.15, 0.2) is 4.99 Å². The lowest BCUT2D eigenvalue weighted by Gasteiger charge is -2.30. The molecule has 1 rings (SSSR count). The third kappa shape index (κ3) is 7.08. The fourth-order valence-electron chi connectivity index (χ4n) is 2.45. The Morgan fingerprint density at radius 3 is 2.25 bits per heavy atom. The second-order valence-electron chi connectivity index (χ2n) is 5.62. The summed E-state index contributed by atoms with van der Waals surface area (Å²) in [4.78, 5) is 9.07. The highest BCUT2D eigenvalue weighted by Crippen LogP contribution is 2.05. The molecule has 0 saturated carbocycles. The van der Waals surface area contributed by atoms with Gasteiger partial charge < -0.3 is 15.4 Å². The highest BCUT2D eigenvalue weighted by Gasteiger charge is 2.13. The molecule has 0 spiro atoms. The van der Waals surface area contributed by atoms with Crippen LogP contribution in [-0.4, -0.2) is 67.2 Å². The van der Waals surface area contributed by atoms with Crippen LogP contribution in [0.1, 0.15) is 34.1 Å². The molecule has 0 radical (unpaired) electrons. The summed E-state index contributed by atoms with van der Waals surface area (Å²) in [6.07, 6.45) is 1.06. The van der Waals surface area contributed by atoms with Crippen LogP contribution in [0.2, 0.25) is 0 Å². The molecule has 1 saturated heterocycles. The average Bonchev–Trinajstić information content (AvgIpc) is 2.38. The molecule has 20 heavy (non-hydrogen) atoms. The number of morpholine rings is 1. The second kappa shape index (κ2) is 10.6.